The van der Waals surface area contributed by atoms with Crippen molar-refractivity contribution in [2.24, 2.45) is 11.3 Å². The predicted molar refractivity (Wildman–Crippen MR) is 110 cm³/mol. The summed E-state index contributed by atoms with van der Waals surface area (Å²) in [5.74, 6) is 0.511. The molecule has 148 valence electrons. The first-order valence-corrected chi connectivity index (χ1v) is 10.1. The Bertz CT molecular complexity index is 901. The third-order valence-corrected chi connectivity index (χ3v) is 6.13. The van der Waals surface area contributed by atoms with Gasteiger partial charge in [0, 0.05) is 17.5 Å². The van der Waals surface area contributed by atoms with Crippen molar-refractivity contribution in [2.45, 2.75) is 52.6 Å². The quantitative estimate of drug-likeness (QED) is 0.765. The van der Waals surface area contributed by atoms with E-state index in [-0.39, 0.29) is 23.4 Å². The van der Waals surface area contributed by atoms with Crippen LogP contribution >= 0.6 is 0 Å². The van der Waals surface area contributed by atoms with Gasteiger partial charge in [-0.25, -0.2) is 4.79 Å². The number of aryl methyl sites for hydroxylation is 1. The van der Waals surface area contributed by atoms with Crippen LogP contribution in [0.1, 0.15) is 61.1 Å². The summed E-state index contributed by atoms with van der Waals surface area (Å²) in [6.07, 6.45) is 8.89. The Morgan fingerprint density at radius 3 is 2.75 bits per heavy atom. The van der Waals surface area contributed by atoms with Gasteiger partial charge in [-0.1, -0.05) is 45.1 Å². The zero-order valence-electron chi connectivity index (χ0n) is 17.1. The second-order valence-electron chi connectivity index (χ2n) is 9.12. The van der Waals surface area contributed by atoms with Gasteiger partial charge in [0.15, 0.2) is 0 Å². The van der Waals surface area contributed by atoms with E-state index in [1.165, 1.54) is 11.1 Å². The van der Waals surface area contributed by atoms with Crippen molar-refractivity contribution in [3.05, 3.63) is 70.0 Å². The van der Waals surface area contributed by atoms with Crippen LogP contribution in [-0.2, 0) is 4.74 Å². The van der Waals surface area contributed by atoms with Gasteiger partial charge in [-0.05, 0) is 54.0 Å². The molecule has 4 heteroatoms. The van der Waals surface area contributed by atoms with Gasteiger partial charge in [0.2, 0.25) is 0 Å². The molecule has 0 radical (unpaired) electrons. The van der Waals surface area contributed by atoms with Crippen LogP contribution in [0.3, 0.4) is 0 Å². The number of hydrogen-bond acceptors (Lipinski definition) is 3. The molecule has 1 aliphatic carbocycles. The number of fused-ring (bicyclic) bond motifs is 2. The summed E-state index contributed by atoms with van der Waals surface area (Å²) >= 11 is 0. The molecule has 1 aromatic carbocycles. The van der Waals surface area contributed by atoms with Crippen LogP contribution in [0.25, 0.3) is 0 Å². The van der Waals surface area contributed by atoms with Crippen LogP contribution in [0.5, 0.6) is 0 Å². The highest BCUT2D eigenvalue weighted by Gasteiger charge is 2.40. The monoisotopic (exact) mass is 379 g/mol. The minimum atomic E-state index is -0.884. The summed E-state index contributed by atoms with van der Waals surface area (Å²) in [4.78, 5) is 11.3. The lowest BCUT2D eigenvalue weighted by Gasteiger charge is -2.43. The minimum absolute atomic E-state index is 0.0965. The molecule has 0 saturated carbocycles. The van der Waals surface area contributed by atoms with E-state index in [0.29, 0.717) is 5.56 Å². The SMILES string of the molecule is Cc1cc(C(=O)O)ccc1[C@H]1NC2C=CC(C(C)(C)C)=CC2=C2OCCC[C@@H]21. The van der Waals surface area contributed by atoms with Gasteiger partial charge in [-0.3, -0.25) is 5.32 Å². The average molecular weight is 380 g/mol. The lowest BCUT2D eigenvalue weighted by molar-refractivity contribution is 0.0696. The molecule has 1 aromatic rings. The number of carboxylic acid groups (broad SMARTS) is 1. The molecule has 2 aliphatic heterocycles. The Hall–Kier alpha value is -2.33. The third kappa shape index (κ3) is 3.30. The molecule has 0 aromatic heterocycles. The molecule has 2 heterocycles. The fourth-order valence-corrected chi connectivity index (χ4v) is 4.56. The van der Waals surface area contributed by atoms with E-state index in [9.17, 15) is 9.90 Å². The maximum absolute atomic E-state index is 11.3. The number of aromatic carboxylic acids is 1. The number of carbonyl (C=O) groups is 1. The zero-order chi connectivity index (χ0) is 20.1. The standard InChI is InChI=1S/C24H29NO3/c1-14-12-15(23(26)27)7-9-17(14)21-18-6-5-11-28-22(18)19-13-16(24(2,3)4)8-10-20(19)25-21/h7-10,12-13,18,20-21,25H,5-6,11H2,1-4H3,(H,26,27)/t18-,20?,21-/m1/s1. The molecule has 0 spiro atoms. The van der Waals surface area contributed by atoms with E-state index < -0.39 is 5.97 Å². The summed E-state index contributed by atoms with van der Waals surface area (Å²) in [7, 11) is 0. The molecule has 1 fully saturated rings. The van der Waals surface area contributed by atoms with Gasteiger partial charge in [-0.2, -0.15) is 0 Å². The lowest BCUT2D eigenvalue weighted by Crippen LogP contribution is -2.45. The topological polar surface area (TPSA) is 58.6 Å². The van der Waals surface area contributed by atoms with Crippen LogP contribution in [0, 0.1) is 18.3 Å². The fourth-order valence-electron chi connectivity index (χ4n) is 4.56. The molecule has 4 nitrogen and oxygen atoms in total. The van der Waals surface area contributed by atoms with Gasteiger partial charge in [0.05, 0.1) is 18.2 Å². The third-order valence-electron chi connectivity index (χ3n) is 6.13. The molecular weight excluding hydrogens is 350 g/mol. The molecule has 0 amide bonds. The first kappa shape index (κ1) is 19.0. The Morgan fingerprint density at radius 2 is 2.07 bits per heavy atom. The van der Waals surface area contributed by atoms with E-state index in [0.717, 1.165) is 36.3 Å². The van der Waals surface area contributed by atoms with E-state index in [1.807, 2.05) is 13.0 Å². The molecule has 3 atom stereocenters. The Morgan fingerprint density at radius 1 is 1.29 bits per heavy atom. The summed E-state index contributed by atoms with van der Waals surface area (Å²) in [6, 6.07) is 5.70. The van der Waals surface area contributed by atoms with Crippen molar-refractivity contribution in [1.82, 2.24) is 5.32 Å². The number of nitrogens with one attached hydrogen (secondary N) is 1. The summed E-state index contributed by atoms with van der Waals surface area (Å²) in [5.41, 5.74) is 5.19. The molecule has 3 aliphatic rings. The van der Waals surface area contributed by atoms with E-state index in [4.69, 9.17) is 4.74 Å². The molecule has 0 bridgehead atoms. The molecule has 1 unspecified atom stereocenters. The molecule has 2 N–H and O–H groups in total. The first-order valence-electron chi connectivity index (χ1n) is 10.1. The second-order valence-corrected chi connectivity index (χ2v) is 9.12. The normalized spacial score (nSPS) is 26.9. The number of allylic oxidation sites excluding steroid dienone is 2. The maximum atomic E-state index is 11.3. The van der Waals surface area contributed by atoms with Crippen molar-refractivity contribution >= 4 is 5.97 Å². The Balaban J connectivity index is 1.76. The van der Waals surface area contributed by atoms with Gasteiger partial charge in [0.1, 0.15) is 5.76 Å². The van der Waals surface area contributed by atoms with Gasteiger partial charge >= 0.3 is 5.97 Å². The highest BCUT2D eigenvalue weighted by atomic mass is 16.5. The second kappa shape index (κ2) is 6.93. The molecule has 4 rings (SSSR count). The molecular formula is C24H29NO3. The van der Waals surface area contributed by atoms with Crippen molar-refractivity contribution in [3.63, 3.8) is 0 Å². The van der Waals surface area contributed by atoms with E-state index in [1.54, 1.807) is 12.1 Å². The number of benzene rings is 1. The summed E-state index contributed by atoms with van der Waals surface area (Å²) in [6.45, 7) is 9.48. The average Bonchev–Trinajstić information content (AvgIpc) is 2.66. The highest BCUT2D eigenvalue weighted by Crippen LogP contribution is 2.45. The predicted octanol–water partition coefficient (Wildman–Crippen LogP) is 4.93. The van der Waals surface area contributed by atoms with Crippen molar-refractivity contribution in [3.8, 4) is 0 Å². The first-order chi connectivity index (χ1) is 13.3. The van der Waals surface area contributed by atoms with E-state index >= 15 is 0 Å². The fraction of sp³-hybridized carbons (Fsp3) is 0.458. The number of hydrogen-bond donors (Lipinski definition) is 2. The van der Waals surface area contributed by atoms with Crippen LogP contribution in [0.2, 0.25) is 0 Å². The maximum Gasteiger partial charge on any atom is 0.335 e. The van der Waals surface area contributed by atoms with Crippen LogP contribution in [0.4, 0.5) is 0 Å². The van der Waals surface area contributed by atoms with Crippen LogP contribution < -0.4 is 5.32 Å². The molecule has 28 heavy (non-hydrogen) atoms. The minimum Gasteiger partial charge on any atom is -0.497 e. The number of ether oxygens (including phenoxy) is 1. The van der Waals surface area contributed by atoms with Gasteiger partial charge < -0.3 is 9.84 Å². The Labute approximate surface area is 167 Å². The Kier molecular flexibility index (Phi) is 4.70. The smallest absolute Gasteiger partial charge is 0.335 e. The van der Waals surface area contributed by atoms with Gasteiger partial charge in [-0.15, -0.1) is 0 Å². The highest BCUT2D eigenvalue weighted by molar-refractivity contribution is 5.87. The largest absolute Gasteiger partial charge is 0.497 e. The zero-order valence-corrected chi connectivity index (χ0v) is 17.1. The van der Waals surface area contributed by atoms with E-state index in [2.05, 4.69) is 44.3 Å². The van der Waals surface area contributed by atoms with Crippen molar-refractivity contribution in [2.75, 3.05) is 6.61 Å². The van der Waals surface area contributed by atoms with Crippen molar-refractivity contribution < 1.29 is 14.6 Å². The van der Waals surface area contributed by atoms with Crippen LogP contribution in [0.15, 0.2) is 53.3 Å². The van der Waals surface area contributed by atoms with Crippen molar-refractivity contribution in [1.29, 1.82) is 0 Å². The summed E-state index contributed by atoms with van der Waals surface area (Å²) < 4.78 is 6.23. The molecule has 1 saturated heterocycles. The van der Waals surface area contributed by atoms with Gasteiger partial charge in [0.25, 0.3) is 0 Å². The van der Waals surface area contributed by atoms with Crippen LogP contribution in [-0.4, -0.2) is 23.7 Å². The lowest BCUT2D eigenvalue weighted by atomic mass is 9.75. The summed E-state index contributed by atoms with van der Waals surface area (Å²) in [5, 5.41) is 13.1. The number of carboxylic acids is 1. The number of rotatable bonds is 2.